The molecular formula is C12H13ClO. The Morgan fingerprint density at radius 3 is 2.79 bits per heavy atom. The van der Waals surface area contributed by atoms with Crippen LogP contribution in [0.2, 0.25) is 5.02 Å². The average molecular weight is 209 g/mol. The summed E-state index contributed by atoms with van der Waals surface area (Å²) in [6.07, 6.45) is 3.31. The summed E-state index contributed by atoms with van der Waals surface area (Å²) in [7, 11) is 0. The lowest BCUT2D eigenvalue weighted by Gasteiger charge is -2.21. The van der Waals surface area contributed by atoms with Crippen molar-refractivity contribution in [3.05, 3.63) is 47.5 Å². The highest BCUT2D eigenvalue weighted by Crippen LogP contribution is 2.27. The quantitative estimate of drug-likeness (QED) is 0.548. The van der Waals surface area contributed by atoms with E-state index in [9.17, 15) is 4.79 Å². The van der Waals surface area contributed by atoms with Gasteiger partial charge in [-0.05, 0) is 31.0 Å². The number of hydrogen-bond donors (Lipinski definition) is 0. The van der Waals surface area contributed by atoms with Crippen LogP contribution in [0.4, 0.5) is 0 Å². The average Bonchev–Trinajstić information content (AvgIpc) is 2.18. The molecule has 0 saturated heterocycles. The van der Waals surface area contributed by atoms with Gasteiger partial charge < -0.3 is 4.79 Å². The van der Waals surface area contributed by atoms with E-state index in [0.717, 1.165) is 11.8 Å². The minimum absolute atomic E-state index is 0.507. The number of carbonyl (C=O) groups is 1. The van der Waals surface area contributed by atoms with Gasteiger partial charge in [0.1, 0.15) is 6.29 Å². The zero-order chi connectivity index (χ0) is 10.6. The van der Waals surface area contributed by atoms with Crippen molar-refractivity contribution in [2.75, 3.05) is 0 Å². The molecule has 0 aliphatic rings. The highest BCUT2D eigenvalue weighted by Gasteiger charge is 2.24. The summed E-state index contributed by atoms with van der Waals surface area (Å²) in [5, 5.41) is 0.652. The van der Waals surface area contributed by atoms with E-state index in [1.165, 1.54) is 0 Å². The molecule has 1 nitrogen and oxygen atoms in total. The lowest BCUT2D eigenvalue weighted by atomic mass is 9.81. The van der Waals surface area contributed by atoms with Crippen molar-refractivity contribution in [3.8, 4) is 0 Å². The molecule has 0 spiro atoms. The fourth-order valence-corrected chi connectivity index (χ4v) is 1.57. The second-order valence-corrected chi connectivity index (χ2v) is 3.97. The standard InChI is InChI=1S/C12H13ClO/c1-3-7-12(2,9-14)10-5-4-6-11(13)8-10/h3-6,8-9H,1,7H2,2H3/t12-/m1/s1. The van der Waals surface area contributed by atoms with Gasteiger partial charge in [-0.2, -0.15) is 0 Å². The lowest BCUT2D eigenvalue weighted by Crippen LogP contribution is -2.22. The molecule has 0 aliphatic heterocycles. The van der Waals surface area contributed by atoms with Gasteiger partial charge in [0.25, 0.3) is 0 Å². The molecule has 0 radical (unpaired) electrons. The Kier molecular flexibility index (Phi) is 3.48. The zero-order valence-electron chi connectivity index (χ0n) is 8.16. The van der Waals surface area contributed by atoms with Gasteiger partial charge in [-0.15, -0.1) is 6.58 Å². The van der Waals surface area contributed by atoms with Crippen molar-refractivity contribution < 1.29 is 4.79 Å². The summed E-state index contributed by atoms with van der Waals surface area (Å²) in [5.41, 5.74) is 0.423. The maximum atomic E-state index is 11.0. The van der Waals surface area contributed by atoms with E-state index in [2.05, 4.69) is 6.58 Å². The van der Waals surface area contributed by atoms with Crippen LogP contribution in [0.15, 0.2) is 36.9 Å². The van der Waals surface area contributed by atoms with Crippen molar-refractivity contribution >= 4 is 17.9 Å². The van der Waals surface area contributed by atoms with Crippen molar-refractivity contribution in [1.29, 1.82) is 0 Å². The number of carbonyl (C=O) groups excluding carboxylic acids is 1. The van der Waals surface area contributed by atoms with E-state index in [1.807, 2.05) is 25.1 Å². The van der Waals surface area contributed by atoms with Crippen LogP contribution >= 0.6 is 11.6 Å². The Bertz CT molecular complexity index is 346. The van der Waals surface area contributed by atoms with Crippen molar-refractivity contribution in [2.24, 2.45) is 0 Å². The highest BCUT2D eigenvalue weighted by molar-refractivity contribution is 6.30. The normalized spacial score (nSPS) is 14.4. The molecule has 0 unspecified atom stereocenters. The molecule has 1 aromatic carbocycles. The van der Waals surface area contributed by atoms with E-state index in [-0.39, 0.29) is 0 Å². The third-order valence-corrected chi connectivity index (χ3v) is 2.55. The van der Waals surface area contributed by atoms with Crippen molar-refractivity contribution in [1.82, 2.24) is 0 Å². The Labute approximate surface area is 89.4 Å². The summed E-state index contributed by atoms with van der Waals surface area (Å²) in [4.78, 5) is 11.0. The van der Waals surface area contributed by atoms with Crippen LogP contribution in [-0.4, -0.2) is 6.29 Å². The van der Waals surface area contributed by atoms with Crippen LogP contribution in [0.5, 0.6) is 0 Å². The molecule has 14 heavy (non-hydrogen) atoms. The molecule has 0 N–H and O–H groups in total. The first kappa shape index (κ1) is 11.0. The first-order valence-corrected chi connectivity index (χ1v) is 4.83. The number of aldehydes is 1. The predicted octanol–water partition coefficient (Wildman–Crippen LogP) is 3.37. The van der Waals surface area contributed by atoms with Gasteiger partial charge in [-0.25, -0.2) is 0 Å². The molecule has 0 saturated carbocycles. The predicted molar refractivity (Wildman–Crippen MR) is 59.7 cm³/mol. The van der Waals surface area contributed by atoms with E-state index >= 15 is 0 Å². The Morgan fingerprint density at radius 1 is 1.57 bits per heavy atom. The maximum absolute atomic E-state index is 11.0. The largest absolute Gasteiger partial charge is 0.302 e. The summed E-state index contributed by atoms with van der Waals surface area (Å²) in [6, 6.07) is 7.37. The van der Waals surface area contributed by atoms with E-state index in [4.69, 9.17) is 11.6 Å². The Hall–Kier alpha value is -1.08. The van der Waals surface area contributed by atoms with Crippen LogP contribution in [0.3, 0.4) is 0 Å². The fraction of sp³-hybridized carbons (Fsp3) is 0.250. The molecule has 0 heterocycles. The molecule has 0 fully saturated rings. The molecule has 1 aromatic rings. The van der Waals surface area contributed by atoms with Crippen LogP contribution in [0.25, 0.3) is 0 Å². The molecule has 1 rings (SSSR count). The first-order valence-electron chi connectivity index (χ1n) is 4.45. The number of rotatable bonds is 4. The van der Waals surface area contributed by atoms with Gasteiger partial charge in [0, 0.05) is 5.02 Å². The third kappa shape index (κ3) is 2.24. The van der Waals surface area contributed by atoms with Crippen LogP contribution in [-0.2, 0) is 10.2 Å². The SMILES string of the molecule is C=CC[C@](C)(C=O)c1cccc(Cl)c1. The Balaban J connectivity index is 3.11. The Morgan fingerprint density at radius 2 is 2.29 bits per heavy atom. The molecule has 0 aliphatic carbocycles. The first-order chi connectivity index (χ1) is 6.62. The topological polar surface area (TPSA) is 17.1 Å². The molecule has 2 heteroatoms. The maximum Gasteiger partial charge on any atom is 0.130 e. The second kappa shape index (κ2) is 4.43. The molecule has 74 valence electrons. The van der Waals surface area contributed by atoms with Gasteiger partial charge in [-0.3, -0.25) is 0 Å². The van der Waals surface area contributed by atoms with Gasteiger partial charge in [0.2, 0.25) is 0 Å². The van der Waals surface area contributed by atoms with E-state index in [1.54, 1.807) is 12.1 Å². The monoisotopic (exact) mass is 208 g/mol. The van der Waals surface area contributed by atoms with Gasteiger partial charge in [0.05, 0.1) is 5.41 Å². The lowest BCUT2D eigenvalue weighted by molar-refractivity contribution is -0.112. The van der Waals surface area contributed by atoms with E-state index in [0.29, 0.717) is 11.4 Å². The number of benzene rings is 1. The summed E-state index contributed by atoms with van der Waals surface area (Å²) >= 11 is 5.87. The van der Waals surface area contributed by atoms with Gasteiger partial charge in [0.15, 0.2) is 0 Å². The minimum Gasteiger partial charge on any atom is -0.302 e. The van der Waals surface area contributed by atoms with Crippen LogP contribution in [0.1, 0.15) is 18.9 Å². The third-order valence-electron chi connectivity index (χ3n) is 2.31. The minimum atomic E-state index is -0.507. The van der Waals surface area contributed by atoms with Gasteiger partial charge >= 0.3 is 0 Å². The summed E-state index contributed by atoms with van der Waals surface area (Å²) < 4.78 is 0. The van der Waals surface area contributed by atoms with Crippen molar-refractivity contribution in [3.63, 3.8) is 0 Å². The fourth-order valence-electron chi connectivity index (χ4n) is 1.38. The molecule has 1 atom stereocenters. The molecule has 0 aromatic heterocycles. The zero-order valence-corrected chi connectivity index (χ0v) is 8.92. The number of halogens is 1. The highest BCUT2D eigenvalue weighted by atomic mass is 35.5. The second-order valence-electron chi connectivity index (χ2n) is 3.54. The van der Waals surface area contributed by atoms with Crippen molar-refractivity contribution in [2.45, 2.75) is 18.8 Å². The summed E-state index contributed by atoms with van der Waals surface area (Å²) in [5.74, 6) is 0. The van der Waals surface area contributed by atoms with Crippen LogP contribution in [0, 0.1) is 0 Å². The molecule has 0 amide bonds. The van der Waals surface area contributed by atoms with E-state index < -0.39 is 5.41 Å². The smallest absolute Gasteiger partial charge is 0.130 e. The number of allylic oxidation sites excluding steroid dienone is 1. The molecule has 0 bridgehead atoms. The van der Waals surface area contributed by atoms with Crippen LogP contribution < -0.4 is 0 Å². The number of hydrogen-bond acceptors (Lipinski definition) is 1. The molecular weight excluding hydrogens is 196 g/mol. The summed E-state index contributed by atoms with van der Waals surface area (Å²) in [6.45, 7) is 5.53. The van der Waals surface area contributed by atoms with Gasteiger partial charge in [-0.1, -0.05) is 29.8 Å².